The van der Waals surface area contributed by atoms with E-state index in [4.69, 9.17) is 11.6 Å². The minimum atomic E-state index is -0.404. The van der Waals surface area contributed by atoms with E-state index in [1.807, 2.05) is 12.1 Å². The van der Waals surface area contributed by atoms with Crippen LogP contribution in [0.25, 0.3) is 0 Å². The summed E-state index contributed by atoms with van der Waals surface area (Å²) in [4.78, 5) is 26.1. The van der Waals surface area contributed by atoms with Gasteiger partial charge in [-0.15, -0.1) is 0 Å². The zero-order chi connectivity index (χ0) is 16.6. The molecule has 2 heterocycles. The Hall–Kier alpha value is -1.86. The fourth-order valence-corrected chi connectivity index (χ4v) is 3.17. The second-order valence-corrected chi connectivity index (χ2v) is 6.49. The Morgan fingerprint density at radius 1 is 1.39 bits per heavy atom. The lowest BCUT2D eigenvalue weighted by atomic mass is 10.2. The SMILES string of the molecule is Cn1ncc(NC2CCN(c3cccc(Cl)c3)C2=O)c(Br)c1=O. The third kappa shape index (κ3) is 3.11. The van der Waals surface area contributed by atoms with E-state index < -0.39 is 6.04 Å². The smallest absolute Gasteiger partial charge is 0.282 e. The second kappa shape index (κ2) is 6.33. The molecule has 1 atom stereocenters. The standard InChI is InChI=1S/C15H14BrClN4O2/c1-20-15(23)13(16)12(8-18-20)19-11-5-6-21(14(11)22)10-4-2-3-9(17)7-10/h2-4,7-8,11,19H,5-6H2,1H3. The Morgan fingerprint density at radius 3 is 2.91 bits per heavy atom. The molecule has 23 heavy (non-hydrogen) atoms. The molecule has 1 aliphatic rings. The van der Waals surface area contributed by atoms with Gasteiger partial charge in [-0.1, -0.05) is 17.7 Å². The fraction of sp³-hybridized carbons (Fsp3) is 0.267. The van der Waals surface area contributed by atoms with E-state index in [0.717, 1.165) is 5.69 Å². The van der Waals surface area contributed by atoms with E-state index in [1.165, 1.54) is 10.9 Å². The van der Waals surface area contributed by atoms with Crippen LogP contribution in [-0.2, 0) is 11.8 Å². The van der Waals surface area contributed by atoms with Gasteiger partial charge in [0.2, 0.25) is 5.91 Å². The van der Waals surface area contributed by atoms with Gasteiger partial charge in [-0.25, -0.2) is 4.68 Å². The van der Waals surface area contributed by atoms with Crippen LogP contribution >= 0.6 is 27.5 Å². The number of carbonyl (C=O) groups excluding carboxylic acids is 1. The highest BCUT2D eigenvalue weighted by molar-refractivity contribution is 9.10. The van der Waals surface area contributed by atoms with E-state index >= 15 is 0 Å². The van der Waals surface area contributed by atoms with E-state index in [1.54, 1.807) is 24.1 Å². The lowest BCUT2D eigenvalue weighted by molar-refractivity contribution is -0.117. The van der Waals surface area contributed by atoms with E-state index in [9.17, 15) is 9.59 Å². The minimum absolute atomic E-state index is 0.0557. The zero-order valence-corrected chi connectivity index (χ0v) is 14.6. The molecular weight excluding hydrogens is 384 g/mol. The van der Waals surface area contributed by atoms with Crippen molar-refractivity contribution >= 4 is 44.8 Å². The summed E-state index contributed by atoms with van der Waals surface area (Å²) in [5.41, 5.74) is 1.03. The molecule has 1 amide bonds. The molecule has 0 saturated carbocycles. The van der Waals surface area contributed by atoms with Gasteiger partial charge in [-0.2, -0.15) is 5.10 Å². The third-order valence-electron chi connectivity index (χ3n) is 3.73. The van der Waals surface area contributed by atoms with Crippen molar-refractivity contribution in [2.24, 2.45) is 7.05 Å². The van der Waals surface area contributed by atoms with Crippen LogP contribution in [0, 0.1) is 0 Å². The monoisotopic (exact) mass is 396 g/mol. The Labute approximate surface area is 146 Å². The molecule has 0 bridgehead atoms. The molecule has 1 aromatic heterocycles. The number of nitrogens with zero attached hydrogens (tertiary/aromatic N) is 3. The van der Waals surface area contributed by atoms with Crippen molar-refractivity contribution in [2.45, 2.75) is 12.5 Å². The van der Waals surface area contributed by atoms with Gasteiger partial charge < -0.3 is 10.2 Å². The maximum Gasteiger partial charge on any atom is 0.282 e. The van der Waals surface area contributed by atoms with Gasteiger partial charge in [0, 0.05) is 24.3 Å². The average Bonchev–Trinajstić information content (AvgIpc) is 2.89. The quantitative estimate of drug-likeness (QED) is 0.864. The Kier molecular flexibility index (Phi) is 4.41. The first-order valence-electron chi connectivity index (χ1n) is 7.02. The van der Waals surface area contributed by atoms with Crippen molar-refractivity contribution in [1.82, 2.24) is 9.78 Å². The highest BCUT2D eigenvalue weighted by Gasteiger charge is 2.33. The first kappa shape index (κ1) is 16.0. The lowest BCUT2D eigenvalue weighted by Gasteiger charge is -2.18. The van der Waals surface area contributed by atoms with Crippen LogP contribution in [0.3, 0.4) is 0 Å². The molecule has 0 radical (unpaired) electrons. The highest BCUT2D eigenvalue weighted by Crippen LogP contribution is 2.27. The number of benzene rings is 1. The minimum Gasteiger partial charge on any atom is -0.371 e. The van der Waals surface area contributed by atoms with Gasteiger partial charge in [0.25, 0.3) is 5.56 Å². The number of rotatable bonds is 3. The second-order valence-electron chi connectivity index (χ2n) is 5.26. The number of hydrogen-bond acceptors (Lipinski definition) is 4. The molecule has 1 aliphatic heterocycles. The van der Waals surface area contributed by atoms with Crippen molar-refractivity contribution in [1.29, 1.82) is 0 Å². The number of hydrogen-bond donors (Lipinski definition) is 1. The molecule has 0 aliphatic carbocycles. The molecule has 6 nitrogen and oxygen atoms in total. The van der Waals surface area contributed by atoms with Crippen LogP contribution < -0.4 is 15.8 Å². The molecule has 8 heteroatoms. The van der Waals surface area contributed by atoms with Crippen LogP contribution in [0.4, 0.5) is 11.4 Å². The largest absolute Gasteiger partial charge is 0.371 e. The van der Waals surface area contributed by atoms with E-state index in [0.29, 0.717) is 28.1 Å². The summed E-state index contributed by atoms with van der Waals surface area (Å²) in [6.07, 6.45) is 2.16. The van der Waals surface area contributed by atoms with Gasteiger partial charge in [-0.3, -0.25) is 9.59 Å². The first-order valence-corrected chi connectivity index (χ1v) is 8.20. The van der Waals surface area contributed by atoms with Crippen molar-refractivity contribution < 1.29 is 4.79 Å². The van der Waals surface area contributed by atoms with E-state index in [2.05, 4.69) is 26.3 Å². The average molecular weight is 398 g/mol. The van der Waals surface area contributed by atoms with Gasteiger partial charge >= 0.3 is 0 Å². The summed E-state index contributed by atoms with van der Waals surface area (Å²) in [6, 6.07) is 6.79. The van der Waals surface area contributed by atoms with E-state index in [-0.39, 0.29) is 11.5 Å². The summed E-state index contributed by atoms with van der Waals surface area (Å²) in [5, 5.41) is 7.65. The Morgan fingerprint density at radius 2 is 2.17 bits per heavy atom. The summed E-state index contributed by atoms with van der Waals surface area (Å²) in [7, 11) is 1.57. The highest BCUT2D eigenvalue weighted by atomic mass is 79.9. The molecule has 0 spiro atoms. The number of nitrogens with one attached hydrogen (secondary N) is 1. The Balaban J connectivity index is 1.80. The molecule has 120 valence electrons. The van der Waals surface area contributed by atoms with Crippen molar-refractivity contribution in [3.05, 3.63) is 50.3 Å². The van der Waals surface area contributed by atoms with Crippen LogP contribution in [-0.4, -0.2) is 28.3 Å². The van der Waals surface area contributed by atoms with Crippen molar-refractivity contribution in [3.8, 4) is 0 Å². The number of carbonyl (C=O) groups is 1. The summed E-state index contributed by atoms with van der Waals surface area (Å²) < 4.78 is 1.59. The fourth-order valence-electron chi connectivity index (χ4n) is 2.51. The molecule has 1 unspecified atom stereocenters. The van der Waals surface area contributed by atoms with Crippen LogP contribution in [0.15, 0.2) is 39.7 Å². The number of aromatic nitrogens is 2. The van der Waals surface area contributed by atoms with Crippen LogP contribution in [0.2, 0.25) is 5.02 Å². The van der Waals surface area contributed by atoms with Crippen LogP contribution in [0.5, 0.6) is 0 Å². The Bertz CT molecular complexity index is 823. The molecule has 3 rings (SSSR count). The van der Waals surface area contributed by atoms with Gasteiger partial charge in [-0.05, 0) is 40.5 Å². The van der Waals surface area contributed by atoms with Gasteiger partial charge in [0.05, 0.1) is 11.9 Å². The molecule has 2 aromatic rings. The number of amides is 1. The molecule has 1 fully saturated rings. The number of aryl methyl sites for hydroxylation is 1. The zero-order valence-electron chi connectivity index (χ0n) is 12.3. The summed E-state index contributed by atoms with van der Waals surface area (Å²) in [6.45, 7) is 0.590. The number of anilines is 2. The topological polar surface area (TPSA) is 67.2 Å². The maximum absolute atomic E-state index is 12.6. The molecule has 1 saturated heterocycles. The first-order chi connectivity index (χ1) is 11.0. The van der Waals surface area contributed by atoms with Crippen molar-refractivity contribution in [2.75, 3.05) is 16.8 Å². The normalized spacial score (nSPS) is 17.6. The molecular formula is C15H14BrClN4O2. The van der Waals surface area contributed by atoms with Gasteiger partial charge in [0.15, 0.2) is 0 Å². The lowest BCUT2D eigenvalue weighted by Crippen LogP contribution is -2.34. The summed E-state index contributed by atoms with van der Waals surface area (Å²) in [5.74, 6) is -0.0557. The summed E-state index contributed by atoms with van der Waals surface area (Å²) >= 11 is 9.23. The number of halogens is 2. The van der Waals surface area contributed by atoms with Crippen molar-refractivity contribution in [3.63, 3.8) is 0 Å². The van der Waals surface area contributed by atoms with Gasteiger partial charge in [0.1, 0.15) is 10.5 Å². The predicted molar refractivity (Wildman–Crippen MR) is 93.0 cm³/mol. The van der Waals surface area contributed by atoms with Crippen LogP contribution in [0.1, 0.15) is 6.42 Å². The predicted octanol–water partition coefficient (Wildman–Crippen LogP) is 2.41. The third-order valence-corrected chi connectivity index (χ3v) is 4.73. The molecule has 1 N–H and O–H groups in total. The maximum atomic E-state index is 12.6. The molecule has 1 aromatic carbocycles.